The molecular weight excluding hydrogens is 469 g/mol. The SMILES string of the molecule is N#C[S-].N#C[S-].N#C[S-].N#C[S-].N#C[S-].N#C[S-].[Cr+3].[Na+].[Na+].[Na+]. The van der Waals surface area contributed by atoms with Gasteiger partial charge in [-0.25, -0.2) is 31.6 Å². The Hall–Kier alpha value is 1.79. The summed E-state index contributed by atoms with van der Waals surface area (Å²) in [5, 5.41) is 50.8. The molecule has 1 radical (unpaired) electrons. The average molecular weight is 469 g/mol. The van der Waals surface area contributed by atoms with Gasteiger partial charge in [0.2, 0.25) is 0 Å². The molecule has 6 nitrogen and oxygen atoms in total. The monoisotopic (exact) mass is 469 g/mol. The van der Waals surface area contributed by atoms with Crippen LogP contribution in [-0.4, -0.2) is 0 Å². The molecule has 0 unspecified atom stereocenters. The van der Waals surface area contributed by atoms with Crippen molar-refractivity contribution in [3.05, 3.63) is 0 Å². The molecule has 0 saturated heterocycles. The number of hydrogen-bond acceptors (Lipinski definition) is 12. The van der Waals surface area contributed by atoms with E-state index in [2.05, 4.69) is 75.8 Å². The van der Waals surface area contributed by atoms with Gasteiger partial charge in [-0.1, -0.05) is 32.4 Å². The Kier molecular flexibility index (Phi) is 526. The Balaban J connectivity index is -0.00000000947. The molecule has 16 heteroatoms. The van der Waals surface area contributed by atoms with Crippen LogP contribution in [0.5, 0.6) is 0 Å². The van der Waals surface area contributed by atoms with Crippen LogP contribution in [0.25, 0.3) is 0 Å². The number of rotatable bonds is 0. The van der Waals surface area contributed by atoms with E-state index in [-0.39, 0.29) is 106 Å². The molecule has 0 atom stereocenters. The van der Waals surface area contributed by atoms with Crippen LogP contribution in [0, 0.1) is 64.0 Å². The van der Waals surface area contributed by atoms with Gasteiger partial charge in [-0.2, -0.15) is 0 Å². The van der Waals surface area contributed by atoms with Crippen LogP contribution in [0.4, 0.5) is 0 Å². The third-order valence-corrected chi connectivity index (χ3v) is 0. The Labute approximate surface area is 241 Å². The molecule has 0 saturated carbocycles. The third-order valence-electron chi connectivity index (χ3n) is 0. The van der Waals surface area contributed by atoms with Crippen molar-refractivity contribution in [3.8, 4) is 32.4 Å². The van der Waals surface area contributed by atoms with Gasteiger partial charge in [0.25, 0.3) is 0 Å². The van der Waals surface area contributed by atoms with Gasteiger partial charge in [-0.3, -0.25) is 0 Å². The van der Waals surface area contributed by atoms with Gasteiger partial charge < -0.3 is 75.8 Å². The normalized spacial score (nSPS) is 1.91. The number of nitriles is 6. The maximum Gasteiger partial charge on any atom is 3.00 e. The summed E-state index contributed by atoms with van der Waals surface area (Å²) in [6, 6.07) is 0. The number of nitrogens with zero attached hydrogens (tertiary/aromatic N) is 6. The van der Waals surface area contributed by atoms with Crippen molar-refractivity contribution in [2.24, 2.45) is 0 Å². The van der Waals surface area contributed by atoms with Gasteiger partial charge in [0, 0.05) is 0 Å². The Bertz CT molecular complexity index is 269. The molecule has 22 heavy (non-hydrogen) atoms. The summed E-state index contributed by atoms with van der Waals surface area (Å²) in [4.78, 5) is 0. The molecule has 0 aliphatic rings. The molecule has 0 aromatic rings. The number of thiocyanates is 6. The standard InChI is InChI=1S/6CHNS.Cr.3Na/c6*2-1-3;;;;/h6*3H;;;;/q;;;;;;+3;3*+1/p-6. The Morgan fingerprint density at radius 1 is 0.364 bits per heavy atom. The van der Waals surface area contributed by atoms with Gasteiger partial charge in [0.1, 0.15) is 0 Å². The predicted octanol–water partition coefficient (Wildman–Crippen LogP) is -8.90. The zero-order valence-electron chi connectivity index (χ0n) is 11.5. The van der Waals surface area contributed by atoms with Crippen molar-refractivity contribution >= 4 is 75.8 Å². The van der Waals surface area contributed by atoms with Crippen molar-refractivity contribution in [3.63, 3.8) is 0 Å². The second kappa shape index (κ2) is 178. The summed E-state index contributed by atoms with van der Waals surface area (Å²) >= 11 is 22.2. The maximum atomic E-state index is 7.13. The molecule has 0 aliphatic heterocycles. The van der Waals surface area contributed by atoms with E-state index in [1.807, 2.05) is 0 Å². The van der Waals surface area contributed by atoms with E-state index >= 15 is 0 Å². The van der Waals surface area contributed by atoms with E-state index in [4.69, 9.17) is 31.6 Å². The van der Waals surface area contributed by atoms with Crippen LogP contribution >= 0.6 is 0 Å². The molecule has 0 aliphatic carbocycles. The van der Waals surface area contributed by atoms with E-state index in [1.54, 1.807) is 0 Å². The summed E-state index contributed by atoms with van der Waals surface area (Å²) in [6.07, 6.45) is 0. The van der Waals surface area contributed by atoms with Crippen LogP contribution in [0.1, 0.15) is 0 Å². The van der Waals surface area contributed by atoms with E-state index in [1.165, 1.54) is 32.4 Å². The summed E-state index contributed by atoms with van der Waals surface area (Å²) in [6.45, 7) is 0. The molecule has 0 spiro atoms. The largest absolute Gasteiger partial charge is 3.00 e. The Morgan fingerprint density at radius 3 is 0.364 bits per heavy atom. The first kappa shape index (κ1) is 65.0. The van der Waals surface area contributed by atoms with Gasteiger partial charge in [-0.15, -0.1) is 0 Å². The van der Waals surface area contributed by atoms with E-state index < -0.39 is 0 Å². The predicted molar refractivity (Wildman–Crippen MR) is 77.9 cm³/mol. The second-order valence-electron chi connectivity index (χ2n) is 0.548. The van der Waals surface area contributed by atoms with Crippen LogP contribution in [0.3, 0.4) is 0 Å². The summed E-state index contributed by atoms with van der Waals surface area (Å²) in [7, 11) is 0. The summed E-state index contributed by atoms with van der Waals surface area (Å²) in [5.74, 6) is 0. The van der Waals surface area contributed by atoms with Gasteiger partial charge in [-0.05, 0) is 0 Å². The molecule has 0 aromatic carbocycles. The third kappa shape index (κ3) is 2930. The Morgan fingerprint density at radius 2 is 0.364 bits per heavy atom. The first-order valence-corrected chi connectivity index (χ1v) is 5.02. The summed E-state index contributed by atoms with van der Waals surface area (Å²) in [5.41, 5.74) is 0. The molecule has 0 fully saturated rings. The molecule has 0 N–H and O–H groups in total. The minimum atomic E-state index is 0. The molecule has 0 bridgehead atoms. The smallest absolute Gasteiger partial charge is 0.696 e. The second-order valence-corrected chi connectivity index (χ2v) is 1.64. The average Bonchev–Trinajstić information content (AvgIpc) is 2.23. The van der Waals surface area contributed by atoms with Crippen LogP contribution in [-0.2, 0) is 93.1 Å². The van der Waals surface area contributed by atoms with Crippen molar-refractivity contribution in [2.75, 3.05) is 0 Å². The van der Waals surface area contributed by atoms with Crippen molar-refractivity contribution in [1.82, 2.24) is 0 Å². The minimum absolute atomic E-state index is 0. The fraction of sp³-hybridized carbons (Fsp3) is 0. The van der Waals surface area contributed by atoms with Crippen molar-refractivity contribution in [2.45, 2.75) is 0 Å². The molecule has 0 aromatic heterocycles. The minimum Gasteiger partial charge on any atom is -0.696 e. The van der Waals surface area contributed by atoms with Crippen molar-refractivity contribution in [1.29, 1.82) is 31.6 Å². The zero-order valence-corrected chi connectivity index (χ0v) is 23.7. The molecule has 0 heterocycles. The first-order valence-electron chi connectivity index (χ1n) is 2.57. The summed E-state index contributed by atoms with van der Waals surface area (Å²) < 4.78 is 0. The fourth-order valence-corrected chi connectivity index (χ4v) is 0. The van der Waals surface area contributed by atoms with Crippen LogP contribution in [0.2, 0.25) is 0 Å². The molecular formula is C6CrN6Na3S6. The fourth-order valence-electron chi connectivity index (χ4n) is 0. The maximum absolute atomic E-state index is 7.13. The van der Waals surface area contributed by atoms with Gasteiger partial charge >= 0.3 is 106 Å². The van der Waals surface area contributed by atoms with Gasteiger partial charge in [0.15, 0.2) is 0 Å². The van der Waals surface area contributed by atoms with E-state index in [0.717, 1.165) is 0 Å². The van der Waals surface area contributed by atoms with Gasteiger partial charge in [0.05, 0.1) is 0 Å². The molecule has 0 rings (SSSR count). The number of hydrogen-bond donors (Lipinski definition) is 0. The molecule has 0 amide bonds. The van der Waals surface area contributed by atoms with E-state index in [0.29, 0.717) is 0 Å². The first-order chi connectivity index (χ1) is 8.49. The zero-order chi connectivity index (χ0) is 16.2. The van der Waals surface area contributed by atoms with Crippen LogP contribution < -0.4 is 88.7 Å². The van der Waals surface area contributed by atoms with Crippen molar-refractivity contribution < 1.29 is 106 Å². The van der Waals surface area contributed by atoms with E-state index in [9.17, 15) is 0 Å². The van der Waals surface area contributed by atoms with Crippen LogP contribution in [0.15, 0.2) is 0 Å². The molecule has 99 valence electrons. The topological polar surface area (TPSA) is 143 Å². The quantitative estimate of drug-likeness (QED) is 0.189.